The SMILES string of the molecule is CN(C)C(=O)C1CCN(c2ccc(N3CCC[C@@H](CC(=O)Cc4ccc(Cl)cc4F)C3=O)cc2)C1. The summed E-state index contributed by atoms with van der Waals surface area (Å²) in [4.78, 5) is 43.6. The van der Waals surface area contributed by atoms with Gasteiger partial charge < -0.3 is 14.7 Å². The number of piperidine rings is 1. The van der Waals surface area contributed by atoms with E-state index in [4.69, 9.17) is 11.6 Å². The molecular formula is C27H31ClFN3O3. The van der Waals surface area contributed by atoms with Gasteiger partial charge in [-0.15, -0.1) is 0 Å². The highest BCUT2D eigenvalue weighted by Crippen LogP contribution is 2.30. The van der Waals surface area contributed by atoms with Gasteiger partial charge in [-0.2, -0.15) is 0 Å². The van der Waals surface area contributed by atoms with Crippen molar-refractivity contribution in [3.8, 4) is 0 Å². The Bertz CT molecular complexity index is 1110. The number of Topliss-reactive ketones (excluding diaryl/α,β-unsaturated/α-hetero) is 1. The Kier molecular flexibility index (Phi) is 7.75. The lowest BCUT2D eigenvalue weighted by molar-refractivity contribution is -0.132. The number of hydrogen-bond donors (Lipinski definition) is 0. The van der Waals surface area contributed by atoms with Crippen LogP contribution in [-0.2, 0) is 20.8 Å². The summed E-state index contributed by atoms with van der Waals surface area (Å²) >= 11 is 5.79. The van der Waals surface area contributed by atoms with Gasteiger partial charge in [-0.25, -0.2) is 4.39 Å². The minimum atomic E-state index is -0.502. The smallest absolute Gasteiger partial charge is 0.230 e. The summed E-state index contributed by atoms with van der Waals surface area (Å²) in [5.74, 6) is -0.958. The molecule has 2 aliphatic rings. The Balaban J connectivity index is 1.36. The van der Waals surface area contributed by atoms with Crippen molar-refractivity contribution in [2.45, 2.75) is 32.1 Å². The third-order valence-corrected chi connectivity index (χ3v) is 7.17. The third kappa shape index (κ3) is 5.84. The van der Waals surface area contributed by atoms with E-state index in [1.807, 2.05) is 24.3 Å². The number of carbonyl (C=O) groups excluding carboxylic acids is 3. The fourth-order valence-corrected chi connectivity index (χ4v) is 5.18. The van der Waals surface area contributed by atoms with E-state index < -0.39 is 11.7 Å². The molecule has 2 amide bonds. The number of rotatable bonds is 7. The lowest BCUT2D eigenvalue weighted by Crippen LogP contribution is -2.42. The molecule has 0 bridgehead atoms. The van der Waals surface area contributed by atoms with E-state index in [1.54, 1.807) is 30.0 Å². The number of carbonyl (C=O) groups is 3. The predicted octanol–water partition coefficient (Wildman–Crippen LogP) is 4.34. The lowest BCUT2D eigenvalue weighted by Gasteiger charge is -2.32. The van der Waals surface area contributed by atoms with E-state index >= 15 is 0 Å². The maximum Gasteiger partial charge on any atom is 0.230 e. The number of nitrogens with zero attached hydrogens (tertiary/aromatic N) is 3. The van der Waals surface area contributed by atoms with E-state index in [0.717, 1.165) is 30.8 Å². The molecule has 0 aliphatic carbocycles. The fourth-order valence-electron chi connectivity index (χ4n) is 5.02. The predicted molar refractivity (Wildman–Crippen MR) is 135 cm³/mol. The Hall–Kier alpha value is -2.93. The van der Waals surface area contributed by atoms with E-state index in [-0.39, 0.29) is 41.4 Å². The third-order valence-electron chi connectivity index (χ3n) is 6.93. The molecule has 0 spiro atoms. The topological polar surface area (TPSA) is 60.9 Å². The molecule has 1 unspecified atom stereocenters. The summed E-state index contributed by atoms with van der Waals surface area (Å²) in [5.41, 5.74) is 2.13. The first-order valence-electron chi connectivity index (χ1n) is 12.1. The van der Waals surface area contributed by atoms with E-state index in [9.17, 15) is 18.8 Å². The summed E-state index contributed by atoms with van der Waals surface area (Å²) in [5, 5.41) is 0.286. The first kappa shape index (κ1) is 25.2. The molecule has 0 aromatic heterocycles. The molecule has 6 nitrogen and oxygen atoms in total. The van der Waals surface area contributed by atoms with Crippen LogP contribution in [0.25, 0.3) is 0 Å². The lowest BCUT2D eigenvalue weighted by atomic mass is 9.90. The summed E-state index contributed by atoms with van der Waals surface area (Å²) < 4.78 is 14.1. The molecule has 8 heteroatoms. The molecular weight excluding hydrogens is 469 g/mol. The molecule has 4 rings (SSSR count). The van der Waals surface area contributed by atoms with Crippen molar-refractivity contribution in [1.29, 1.82) is 0 Å². The zero-order valence-electron chi connectivity index (χ0n) is 20.2. The van der Waals surface area contributed by atoms with Crippen LogP contribution in [-0.4, -0.2) is 56.2 Å². The van der Waals surface area contributed by atoms with Crippen molar-refractivity contribution < 1.29 is 18.8 Å². The highest BCUT2D eigenvalue weighted by Gasteiger charge is 2.32. The van der Waals surface area contributed by atoms with E-state index in [1.165, 1.54) is 12.1 Å². The molecule has 0 N–H and O–H groups in total. The highest BCUT2D eigenvalue weighted by atomic mass is 35.5. The first-order valence-corrected chi connectivity index (χ1v) is 12.4. The van der Waals surface area contributed by atoms with E-state index in [2.05, 4.69) is 4.90 Å². The number of amides is 2. The van der Waals surface area contributed by atoms with Crippen LogP contribution in [0.5, 0.6) is 0 Å². The van der Waals surface area contributed by atoms with E-state index in [0.29, 0.717) is 25.1 Å². The molecule has 2 aromatic carbocycles. The molecule has 35 heavy (non-hydrogen) atoms. The molecule has 2 heterocycles. The van der Waals surface area contributed by atoms with Gasteiger partial charge in [0, 0.05) is 68.9 Å². The fraction of sp³-hybridized carbons (Fsp3) is 0.444. The van der Waals surface area contributed by atoms with Crippen LogP contribution in [0.1, 0.15) is 31.2 Å². The second-order valence-electron chi connectivity index (χ2n) is 9.67. The Labute approximate surface area is 210 Å². The summed E-state index contributed by atoms with van der Waals surface area (Å²) in [7, 11) is 3.57. The van der Waals surface area contributed by atoms with Crippen molar-refractivity contribution in [3.05, 3.63) is 58.9 Å². The second-order valence-corrected chi connectivity index (χ2v) is 10.1. The van der Waals surface area contributed by atoms with Gasteiger partial charge in [0.15, 0.2) is 0 Å². The number of benzene rings is 2. The quantitative estimate of drug-likeness (QED) is 0.568. The van der Waals surface area contributed by atoms with Crippen LogP contribution in [0.15, 0.2) is 42.5 Å². The van der Waals surface area contributed by atoms with Crippen LogP contribution in [0.3, 0.4) is 0 Å². The molecule has 186 valence electrons. The Morgan fingerprint density at radius 3 is 2.46 bits per heavy atom. The average Bonchev–Trinajstić information content (AvgIpc) is 3.32. The molecule has 2 fully saturated rings. The van der Waals surface area contributed by atoms with Crippen LogP contribution in [0.2, 0.25) is 5.02 Å². The normalized spacial score (nSPS) is 20.3. The zero-order chi connectivity index (χ0) is 25.1. The van der Waals surface area contributed by atoms with Gasteiger partial charge in [0.25, 0.3) is 0 Å². The zero-order valence-corrected chi connectivity index (χ0v) is 20.9. The molecule has 2 saturated heterocycles. The summed E-state index contributed by atoms with van der Waals surface area (Å²) in [6.07, 6.45) is 2.34. The van der Waals surface area contributed by atoms with Crippen molar-refractivity contribution in [2.24, 2.45) is 11.8 Å². The Morgan fingerprint density at radius 1 is 1.06 bits per heavy atom. The monoisotopic (exact) mass is 499 g/mol. The van der Waals surface area contributed by atoms with Gasteiger partial charge in [-0.1, -0.05) is 17.7 Å². The highest BCUT2D eigenvalue weighted by molar-refractivity contribution is 6.30. The van der Waals surface area contributed by atoms with Crippen molar-refractivity contribution >= 4 is 40.6 Å². The molecule has 2 aromatic rings. The largest absolute Gasteiger partial charge is 0.371 e. The van der Waals surface area contributed by atoms with Crippen LogP contribution < -0.4 is 9.80 Å². The minimum Gasteiger partial charge on any atom is -0.371 e. The van der Waals surface area contributed by atoms with Gasteiger partial charge in [0.1, 0.15) is 11.6 Å². The first-order chi connectivity index (χ1) is 16.7. The van der Waals surface area contributed by atoms with Gasteiger partial charge in [-0.05, 0) is 61.2 Å². The maximum absolute atomic E-state index is 14.1. The number of ketones is 1. The maximum atomic E-state index is 14.1. The van der Waals surface area contributed by atoms with Crippen molar-refractivity contribution in [1.82, 2.24) is 4.90 Å². The standard InChI is InChI=1S/C27H31ClFN3O3/c1-30(2)26(34)20-11-13-31(17-20)22-7-9-23(10-8-22)32-12-3-4-19(27(32)35)15-24(33)14-18-5-6-21(28)16-25(18)29/h5-10,16,19-20H,3-4,11-15,17H2,1-2H3/t19-,20?/m0/s1. The Morgan fingerprint density at radius 2 is 1.77 bits per heavy atom. The minimum absolute atomic E-state index is 0.00740. The van der Waals surface area contributed by atoms with Crippen molar-refractivity contribution in [2.75, 3.05) is 43.5 Å². The van der Waals surface area contributed by atoms with Crippen molar-refractivity contribution in [3.63, 3.8) is 0 Å². The van der Waals surface area contributed by atoms with Gasteiger partial charge in [-0.3, -0.25) is 14.4 Å². The molecule has 2 aliphatic heterocycles. The number of hydrogen-bond acceptors (Lipinski definition) is 4. The average molecular weight is 500 g/mol. The molecule has 0 saturated carbocycles. The van der Waals surface area contributed by atoms with Gasteiger partial charge in [0.2, 0.25) is 11.8 Å². The second kappa shape index (κ2) is 10.8. The van der Waals surface area contributed by atoms with Crippen LogP contribution in [0, 0.1) is 17.7 Å². The number of anilines is 2. The summed E-state index contributed by atoms with van der Waals surface area (Å²) in [6, 6.07) is 12.1. The van der Waals surface area contributed by atoms with Crippen LogP contribution >= 0.6 is 11.6 Å². The molecule has 0 radical (unpaired) electrons. The van der Waals surface area contributed by atoms with Gasteiger partial charge in [0.05, 0.1) is 5.92 Å². The number of halogens is 2. The van der Waals surface area contributed by atoms with Gasteiger partial charge >= 0.3 is 0 Å². The van der Waals surface area contributed by atoms with Crippen LogP contribution in [0.4, 0.5) is 15.8 Å². The summed E-state index contributed by atoms with van der Waals surface area (Å²) in [6.45, 7) is 2.12. The molecule has 2 atom stereocenters.